The van der Waals surface area contributed by atoms with E-state index in [4.69, 9.17) is 23.2 Å². The lowest BCUT2D eigenvalue weighted by Gasteiger charge is -2.43. The number of anilines is 3. The number of para-hydroxylation sites is 1. The van der Waals surface area contributed by atoms with Crippen LogP contribution >= 0.6 is 23.2 Å². The van der Waals surface area contributed by atoms with Crippen LogP contribution in [0.25, 0.3) is 16.6 Å². The Morgan fingerprint density at radius 1 is 1.08 bits per heavy atom. The molecule has 0 radical (unpaired) electrons. The Morgan fingerprint density at radius 3 is 2.46 bits per heavy atom. The highest BCUT2D eigenvalue weighted by Crippen LogP contribution is 2.31. The average Bonchev–Trinajstić information content (AvgIpc) is 2.89. The molecule has 39 heavy (non-hydrogen) atoms. The van der Waals surface area contributed by atoms with Crippen molar-refractivity contribution < 1.29 is 0 Å². The number of nitriles is 1. The molecule has 8 nitrogen and oxygen atoms in total. The molecular formula is C29H27Cl2N7O. The number of rotatable bonds is 5. The summed E-state index contributed by atoms with van der Waals surface area (Å²) in [5.41, 5.74) is 3.61. The zero-order valence-electron chi connectivity index (χ0n) is 21.5. The number of aromatic nitrogens is 3. The van der Waals surface area contributed by atoms with Gasteiger partial charge >= 0.3 is 0 Å². The van der Waals surface area contributed by atoms with E-state index in [9.17, 15) is 10.1 Å². The number of benzene rings is 2. The van der Waals surface area contributed by atoms with E-state index in [0.717, 1.165) is 24.8 Å². The zero-order chi connectivity index (χ0) is 27.1. The molecule has 0 bridgehead atoms. The topological polar surface area (TPSA) is 90.1 Å². The Kier molecular flexibility index (Phi) is 6.90. The van der Waals surface area contributed by atoms with E-state index in [-0.39, 0.29) is 16.5 Å². The van der Waals surface area contributed by atoms with Gasteiger partial charge in [-0.25, -0.2) is 9.97 Å². The van der Waals surface area contributed by atoms with Gasteiger partial charge in [0.05, 0.1) is 26.7 Å². The third-order valence-corrected chi connectivity index (χ3v) is 8.33. The lowest BCUT2D eigenvalue weighted by Crippen LogP contribution is -2.50. The van der Waals surface area contributed by atoms with Crippen molar-refractivity contribution in [2.75, 3.05) is 36.4 Å². The molecule has 2 aromatic heterocycles. The van der Waals surface area contributed by atoms with E-state index in [1.807, 2.05) is 6.07 Å². The molecule has 0 aliphatic carbocycles. The Hall–Kier alpha value is -3.64. The van der Waals surface area contributed by atoms with Gasteiger partial charge in [0.25, 0.3) is 5.56 Å². The van der Waals surface area contributed by atoms with Gasteiger partial charge in [-0.15, -0.1) is 0 Å². The molecule has 0 spiro atoms. The lowest BCUT2D eigenvalue weighted by atomic mass is 9.98. The normalized spacial score (nSPS) is 16.2. The molecule has 0 atom stereocenters. The van der Waals surface area contributed by atoms with Crippen molar-refractivity contribution in [3.8, 4) is 11.8 Å². The fourth-order valence-corrected chi connectivity index (χ4v) is 6.12. The van der Waals surface area contributed by atoms with Crippen molar-refractivity contribution >= 4 is 51.4 Å². The molecule has 0 amide bonds. The second-order valence-electron chi connectivity index (χ2n) is 10.1. The summed E-state index contributed by atoms with van der Waals surface area (Å²) in [6, 6.07) is 14.1. The van der Waals surface area contributed by atoms with Crippen LogP contribution < -0.4 is 15.8 Å². The molecule has 4 heterocycles. The van der Waals surface area contributed by atoms with Crippen molar-refractivity contribution in [2.24, 2.45) is 0 Å². The maximum atomic E-state index is 13.3. The fourth-order valence-electron chi connectivity index (χ4n) is 5.54. The molecule has 2 aliphatic rings. The monoisotopic (exact) mass is 559 g/mol. The molecule has 10 heteroatoms. The van der Waals surface area contributed by atoms with Gasteiger partial charge in [-0.05, 0) is 75.2 Å². The number of hydrogen-bond donors (Lipinski definition) is 1. The van der Waals surface area contributed by atoms with Gasteiger partial charge < -0.3 is 15.1 Å². The number of nitrogens with zero attached hydrogens (tertiary/aromatic N) is 6. The zero-order valence-corrected chi connectivity index (χ0v) is 23.0. The summed E-state index contributed by atoms with van der Waals surface area (Å²) in [4.78, 5) is 27.3. The van der Waals surface area contributed by atoms with Crippen molar-refractivity contribution in [3.05, 3.63) is 80.3 Å². The summed E-state index contributed by atoms with van der Waals surface area (Å²) in [6.45, 7) is 6.75. The first-order valence-electron chi connectivity index (χ1n) is 13.1. The summed E-state index contributed by atoms with van der Waals surface area (Å²) in [6.07, 6.45) is 6.59. The molecular weight excluding hydrogens is 533 g/mol. The van der Waals surface area contributed by atoms with Crippen LogP contribution in [0.4, 0.5) is 17.3 Å². The first kappa shape index (κ1) is 25.6. The van der Waals surface area contributed by atoms with Gasteiger partial charge in [0.15, 0.2) is 0 Å². The third-order valence-electron chi connectivity index (χ3n) is 7.72. The van der Waals surface area contributed by atoms with E-state index >= 15 is 0 Å². The Balaban J connectivity index is 1.25. The van der Waals surface area contributed by atoms with Gasteiger partial charge in [-0.2, -0.15) is 5.26 Å². The number of halogens is 2. The van der Waals surface area contributed by atoms with Crippen LogP contribution in [-0.4, -0.2) is 51.7 Å². The van der Waals surface area contributed by atoms with Gasteiger partial charge in [-0.1, -0.05) is 29.3 Å². The van der Waals surface area contributed by atoms with Crippen LogP contribution in [0.1, 0.15) is 30.4 Å². The Labute approximate surface area is 236 Å². The van der Waals surface area contributed by atoms with Crippen LogP contribution in [0.5, 0.6) is 0 Å². The number of hydrogen-bond acceptors (Lipinski definition) is 7. The first-order chi connectivity index (χ1) is 18.9. The highest BCUT2D eigenvalue weighted by Gasteiger charge is 2.28. The molecule has 0 saturated carbocycles. The summed E-state index contributed by atoms with van der Waals surface area (Å²) in [7, 11) is 0. The van der Waals surface area contributed by atoms with Gasteiger partial charge in [0.1, 0.15) is 11.6 Å². The number of pyridine rings is 1. The molecule has 2 aromatic carbocycles. The number of aryl methyl sites for hydroxylation is 1. The molecule has 1 N–H and O–H groups in total. The molecule has 2 fully saturated rings. The van der Waals surface area contributed by atoms with E-state index in [0.29, 0.717) is 21.7 Å². The average molecular weight is 560 g/mol. The third kappa shape index (κ3) is 4.82. The Bertz CT molecular complexity index is 1650. The minimum absolute atomic E-state index is 0.198. The molecule has 0 unspecified atom stereocenters. The maximum Gasteiger partial charge on any atom is 0.266 e. The highest BCUT2D eigenvalue weighted by molar-refractivity contribution is 6.37. The maximum absolute atomic E-state index is 13.3. The molecule has 2 aliphatic heterocycles. The van der Waals surface area contributed by atoms with Gasteiger partial charge in [0, 0.05) is 42.9 Å². The molecule has 198 valence electrons. The van der Waals surface area contributed by atoms with Crippen LogP contribution in [0.15, 0.2) is 53.6 Å². The van der Waals surface area contributed by atoms with Crippen molar-refractivity contribution in [1.82, 2.24) is 19.4 Å². The van der Waals surface area contributed by atoms with Crippen LogP contribution in [0.3, 0.4) is 0 Å². The molecule has 4 aromatic rings. The van der Waals surface area contributed by atoms with Crippen LogP contribution in [0, 0.1) is 18.3 Å². The number of piperidine rings is 1. The van der Waals surface area contributed by atoms with E-state index in [2.05, 4.69) is 50.2 Å². The van der Waals surface area contributed by atoms with E-state index < -0.39 is 5.56 Å². The minimum atomic E-state index is -0.413. The lowest BCUT2D eigenvalue weighted by molar-refractivity contribution is 0.100. The SMILES string of the molecule is Cc1cc(Nc2ncc3c(=O)n(-c4c(Cl)cccc4Cl)cc(C#N)c3n2)ccc1N1CCC(N2CCC2)CC1. The summed E-state index contributed by atoms with van der Waals surface area (Å²) >= 11 is 12.7. The summed E-state index contributed by atoms with van der Waals surface area (Å²) in [5, 5.41) is 13.9. The fraction of sp³-hybridized carbons (Fsp3) is 0.310. The van der Waals surface area contributed by atoms with Crippen molar-refractivity contribution in [2.45, 2.75) is 32.2 Å². The molecule has 6 rings (SSSR count). The van der Waals surface area contributed by atoms with Crippen molar-refractivity contribution in [3.63, 3.8) is 0 Å². The minimum Gasteiger partial charge on any atom is -0.371 e. The smallest absolute Gasteiger partial charge is 0.266 e. The highest BCUT2D eigenvalue weighted by atomic mass is 35.5. The van der Waals surface area contributed by atoms with Crippen LogP contribution in [0.2, 0.25) is 10.0 Å². The number of fused-ring (bicyclic) bond motifs is 1. The second kappa shape index (κ2) is 10.5. The standard InChI is InChI=1S/C29H27Cl2N7O/c1-18-14-20(6-7-25(18)37-12-8-21(9-13-37)36-10-3-11-36)34-29-33-16-22-26(35-29)19(15-32)17-38(28(22)39)27-23(30)4-2-5-24(27)31/h2,4-7,14,16-17,21H,3,8-13H2,1H3,(H,33,34,35). The summed E-state index contributed by atoms with van der Waals surface area (Å²) < 4.78 is 1.27. The van der Waals surface area contributed by atoms with Gasteiger partial charge in [-0.3, -0.25) is 9.36 Å². The van der Waals surface area contributed by atoms with E-state index in [1.165, 1.54) is 60.6 Å². The van der Waals surface area contributed by atoms with E-state index in [1.54, 1.807) is 18.2 Å². The van der Waals surface area contributed by atoms with Crippen molar-refractivity contribution in [1.29, 1.82) is 5.26 Å². The second-order valence-corrected chi connectivity index (χ2v) is 10.9. The van der Waals surface area contributed by atoms with Gasteiger partial charge in [0.2, 0.25) is 5.95 Å². The number of nitrogens with one attached hydrogen (secondary N) is 1. The Morgan fingerprint density at radius 2 is 1.82 bits per heavy atom. The predicted molar refractivity (Wildman–Crippen MR) is 156 cm³/mol. The predicted octanol–water partition coefficient (Wildman–Crippen LogP) is 5.69. The first-order valence-corrected chi connectivity index (χ1v) is 13.8. The summed E-state index contributed by atoms with van der Waals surface area (Å²) in [5.74, 6) is 0.300. The number of likely N-dealkylation sites (tertiary alicyclic amines) is 1. The quantitative estimate of drug-likeness (QED) is 0.336. The molecule has 2 saturated heterocycles. The van der Waals surface area contributed by atoms with Crippen LogP contribution in [-0.2, 0) is 0 Å². The largest absolute Gasteiger partial charge is 0.371 e.